The van der Waals surface area contributed by atoms with Gasteiger partial charge in [-0.2, -0.15) is 9.49 Å². The lowest BCUT2D eigenvalue weighted by molar-refractivity contribution is 0.00582. The summed E-state index contributed by atoms with van der Waals surface area (Å²) in [6.07, 6.45) is 1.74. The van der Waals surface area contributed by atoms with Gasteiger partial charge in [0.2, 0.25) is 5.95 Å². The maximum Gasteiger partial charge on any atom is 0.346 e. The predicted molar refractivity (Wildman–Crippen MR) is 88.3 cm³/mol. The van der Waals surface area contributed by atoms with Crippen molar-refractivity contribution in [3.05, 3.63) is 34.1 Å². The lowest BCUT2D eigenvalue weighted by Gasteiger charge is -2.20. The zero-order valence-corrected chi connectivity index (χ0v) is 15.0. The molecule has 25 heavy (non-hydrogen) atoms. The first-order chi connectivity index (χ1) is 11.6. The Bertz CT molecular complexity index is 866. The molecule has 1 aliphatic rings. The standard InChI is InChI=1S/C18H21F2N3O2/c1-9-10-7-6-8-11-13(19)12(17(24)25-18(2,3)4)16(20)21-14(11)15(10)22-23(9)5/h6-8H2,1-5H3. The molecular formula is C18H21F2N3O2. The molecule has 2 heterocycles. The first-order valence-corrected chi connectivity index (χ1v) is 8.24. The van der Waals surface area contributed by atoms with Crippen LogP contribution in [0.15, 0.2) is 0 Å². The Morgan fingerprint density at radius 3 is 2.44 bits per heavy atom. The molecule has 2 aromatic heterocycles. The van der Waals surface area contributed by atoms with Gasteiger partial charge in [0.05, 0.1) is 0 Å². The lowest BCUT2D eigenvalue weighted by Crippen LogP contribution is -2.26. The molecule has 134 valence electrons. The highest BCUT2D eigenvalue weighted by Crippen LogP contribution is 2.35. The van der Waals surface area contributed by atoms with Gasteiger partial charge in [-0.15, -0.1) is 0 Å². The molecule has 0 aliphatic heterocycles. The number of aryl methyl sites for hydroxylation is 1. The number of esters is 1. The van der Waals surface area contributed by atoms with Crippen LogP contribution in [-0.2, 0) is 24.6 Å². The number of carbonyl (C=O) groups is 1. The van der Waals surface area contributed by atoms with Gasteiger partial charge in [-0.3, -0.25) is 4.68 Å². The zero-order chi connectivity index (χ0) is 18.5. The van der Waals surface area contributed by atoms with Gasteiger partial charge in [0.15, 0.2) is 5.56 Å². The minimum Gasteiger partial charge on any atom is -0.456 e. The number of rotatable bonds is 1. The molecule has 0 atom stereocenters. The van der Waals surface area contributed by atoms with E-state index in [0.29, 0.717) is 25.0 Å². The number of pyridine rings is 1. The van der Waals surface area contributed by atoms with Gasteiger partial charge in [0.25, 0.3) is 0 Å². The fourth-order valence-electron chi connectivity index (χ4n) is 3.08. The SMILES string of the molecule is Cc1c2c(nn1C)-c1nc(F)c(C(=O)OC(C)(C)C)c(F)c1CCC2. The fraction of sp³-hybridized carbons (Fsp3) is 0.500. The molecule has 0 amide bonds. The van der Waals surface area contributed by atoms with E-state index in [1.165, 1.54) is 0 Å². The molecule has 0 spiro atoms. The number of halogens is 2. The van der Waals surface area contributed by atoms with Crippen molar-refractivity contribution in [2.75, 3.05) is 0 Å². The third-order valence-corrected chi connectivity index (χ3v) is 4.33. The van der Waals surface area contributed by atoms with E-state index in [0.717, 1.165) is 11.3 Å². The average Bonchev–Trinajstić information content (AvgIpc) is 2.65. The van der Waals surface area contributed by atoms with E-state index in [1.807, 2.05) is 6.92 Å². The van der Waals surface area contributed by atoms with Crippen LogP contribution in [0.3, 0.4) is 0 Å². The summed E-state index contributed by atoms with van der Waals surface area (Å²) in [5, 5.41) is 4.37. The van der Waals surface area contributed by atoms with Crippen LogP contribution in [-0.4, -0.2) is 26.3 Å². The van der Waals surface area contributed by atoms with E-state index in [1.54, 1.807) is 32.5 Å². The fourth-order valence-corrected chi connectivity index (χ4v) is 3.08. The number of aromatic nitrogens is 3. The molecule has 0 radical (unpaired) electrons. The summed E-state index contributed by atoms with van der Waals surface area (Å²) in [5.74, 6) is -3.10. The summed E-state index contributed by atoms with van der Waals surface area (Å²) < 4.78 is 36.3. The molecular weight excluding hydrogens is 328 g/mol. The topological polar surface area (TPSA) is 57.0 Å². The van der Waals surface area contributed by atoms with Crippen LogP contribution in [0, 0.1) is 18.7 Å². The average molecular weight is 349 g/mol. The molecule has 0 saturated carbocycles. The van der Waals surface area contributed by atoms with E-state index in [4.69, 9.17) is 4.74 Å². The van der Waals surface area contributed by atoms with Crippen LogP contribution in [0.5, 0.6) is 0 Å². The number of hydrogen-bond donors (Lipinski definition) is 0. The summed E-state index contributed by atoms with van der Waals surface area (Å²) >= 11 is 0. The largest absolute Gasteiger partial charge is 0.456 e. The first-order valence-electron chi connectivity index (χ1n) is 8.24. The zero-order valence-electron chi connectivity index (χ0n) is 15.0. The molecule has 2 aromatic rings. The second-order valence-corrected chi connectivity index (χ2v) is 7.31. The van der Waals surface area contributed by atoms with Gasteiger partial charge >= 0.3 is 5.97 Å². The highest BCUT2D eigenvalue weighted by atomic mass is 19.1. The minimum atomic E-state index is -1.17. The molecule has 1 aliphatic carbocycles. The second-order valence-electron chi connectivity index (χ2n) is 7.31. The quantitative estimate of drug-likeness (QED) is 0.584. The number of hydrogen-bond acceptors (Lipinski definition) is 4. The van der Waals surface area contributed by atoms with Gasteiger partial charge < -0.3 is 4.74 Å². The molecule has 7 heteroatoms. The molecule has 0 N–H and O–H groups in total. The summed E-state index contributed by atoms with van der Waals surface area (Å²) in [5.41, 5.74) is 1.19. The van der Waals surface area contributed by atoms with E-state index in [2.05, 4.69) is 10.1 Å². The van der Waals surface area contributed by atoms with E-state index < -0.39 is 28.9 Å². The second kappa shape index (κ2) is 5.89. The number of ether oxygens (including phenoxy) is 1. The van der Waals surface area contributed by atoms with Gasteiger partial charge in [-0.25, -0.2) is 14.2 Å². The van der Waals surface area contributed by atoms with Crippen LogP contribution >= 0.6 is 0 Å². The Morgan fingerprint density at radius 1 is 1.16 bits per heavy atom. The number of nitrogens with zero attached hydrogens (tertiary/aromatic N) is 3. The predicted octanol–water partition coefficient (Wildman–Crippen LogP) is 3.51. The Morgan fingerprint density at radius 2 is 1.80 bits per heavy atom. The summed E-state index contributed by atoms with van der Waals surface area (Å²) in [4.78, 5) is 16.1. The van der Waals surface area contributed by atoms with Crippen LogP contribution in [0.2, 0.25) is 0 Å². The molecule has 0 fully saturated rings. The third kappa shape index (κ3) is 3.03. The molecule has 0 bridgehead atoms. The Balaban J connectivity index is 2.18. The van der Waals surface area contributed by atoms with Crippen molar-refractivity contribution in [2.24, 2.45) is 7.05 Å². The van der Waals surface area contributed by atoms with Crippen molar-refractivity contribution in [3.8, 4) is 11.4 Å². The third-order valence-electron chi connectivity index (χ3n) is 4.33. The normalized spacial score (nSPS) is 13.9. The van der Waals surface area contributed by atoms with Gasteiger partial charge in [-0.1, -0.05) is 0 Å². The smallest absolute Gasteiger partial charge is 0.346 e. The Kier molecular flexibility index (Phi) is 4.13. The van der Waals surface area contributed by atoms with Crippen molar-refractivity contribution in [1.82, 2.24) is 14.8 Å². The van der Waals surface area contributed by atoms with Gasteiger partial charge in [-0.05, 0) is 47.0 Å². The van der Waals surface area contributed by atoms with Crippen molar-refractivity contribution in [2.45, 2.75) is 52.6 Å². The van der Waals surface area contributed by atoms with Crippen LogP contribution in [0.4, 0.5) is 8.78 Å². The van der Waals surface area contributed by atoms with Crippen LogP contribution < -0.4 is 0 Å². The molecule has 0 unspecified atom stereocenters. The monoisotopic (exact) mass is 349 g/mol. The number of fused-ring (bicyclic) bond motifs is 3. The summed E-state index contributed by atoms with van der Waals surface area (Å²) in [6.45, 7) is 6.83. The summed E-state index contributed by atoms with van der Waals surface area (Å²) in [7, 11) is 1.78. The van der Waals surface area contributed by atoms with Gasteiger partial charge in [0.1, 0.15) is 22.8 Å². The molecule has 5 nitrogen and oxygen atoms in total. The van der Waals surface area contributed by atoms with E-state index >= 15 is 4.39 Å². The highest BCUT2D eigenvalue weighted by Gasteiger charge is 2.32. The summed E-state index contributed by atoms with van der Waals surface area (Å²) in [6, 6.07) is 0. The first kappa shape index (κ1) is 17.5. The molecule has 0 aromatic carbocycles. The van der Waals surface area contributed by atoms with Crippen molar-refractivity contribution < 1.29 is 18.3 Å². The van der Waals surface area contributed by atoms with E-state index in [-0.39, 0.29) is 11.3 Å². The maximum atomic E-state index is 15.0. The lowest BCUT2D eigenvalue weighted by atomic mass is 10.0. The van der Waals surface area contributed by atoms with Crippen molar-refractivity contribution in [1.29, 1.82) is 0 Å². The molecule has 3 rings (SSSR count). The van der Waals surface area contributed by atoms with Crippen LogP contribution in [0.25, 0.3) is 11.4 Å². The maximum absolute atomic E-state index is 15.0. The Labute approximate surface area is 145 Å². The Hall–Kier alpha value is -2.31. The van der Waals surface area contributed by atoms with Gasteiger partial charge in [0, 0.05) is 23.9 Å². The van der Waals surface area contributed by atoms with Crippen LogP contribution in [0.1, 0.15) is 54.4 Å². The minimum absolute atomic E-state index is 0.179. The number of carbonyl (C=O) groups excluding carboxylic acids is 1. The highest BCUT2D eigenvalue weighted by molar-refractivity contribution is 5.91. The molecule has 0 saturated heterocycles. The van der Waals surface area contributed by atoms with Crippen molar-refractivity contribution in [3.63, 3.8) is 0 Å². The van der Waals surface area contributed by atoms with E-state index in [9.17, 15) is 9.18 Å². The van der Waals surface area contributed by atoms with Crippen molar-refractivity contribution >= 4 is 5.97 Å².